The van der Waals surface area contributed by atoms with Crippen molar-refractivity contribution in [1.82, 2.24) is 4.90 Å². The second kappa shape index (κ2) is 8.79. The van der Waals surface area contributed by atoms with E-state index in [0.29, 0.717) is 0 Å². The van der Waals surface area contributed by atoms with Crippen molar-refractivity contribution in [2.75, 3.05) is 32.2 Å². The SMILES string of the molecule is COc1ccccc1C1=CN(c2ccc(-c3ccccc3OC)cc2)C2=NCCCCN12. The van der Waals surface area contributed by atoms with Crippen molar-refractivity contribution in [3.05, 3.63) is 84.6 Å². The lowest BCUT2D eigenvalue weighted by atomic mass is 10.0. The van der Waals surface area contributed by atoms with E-state index >= 15 is 0 Å². The van der Waals surface area contributed by atoms with E-state index < -0.39 is 0 Å². The van der Waals surface area contributed by atoms with E-state index in [2.05, 4.69) is 58.5 Å². The Morgan fingerprint density at radius 2 is 1.41 bits per heavy atom. The lowest BCUT2D eigenvalue weighted by Crippen LogP contribution is -2.34. The summed E-state index contributed by atoms with van der Waals surface area (Å²) in [5.41, 5.74) is 5.49. The molecule has 0 aromatic heterocycles. The van der Waals surface area contributed by atoms with Gasteiger partial charge in [-0.05, 0) is 48.7 Å². The van der Waals surface area contributed by atoms with Gasteiger partial charge in [-0.2, -0.15) is 0 Å². The Labute approximate surface area is 189 Å². The summed E-state index contributed by atoms with van der Waals surface area (Å²) in [6.07, 6.45) is 4.39. The van der Waals surface area contributed by atoms with Crippen molar-refractivity contribution in [1.29, 1.82) is 0 Å². The summed E-state index contributed by atoms with van der Waals surface area (Å²) in [6.45, 7) is 1.78. The standard InChI is InChI=1S/C27H27N3O2/c1-31-25-11-5-3-9-22(25)20-13-15-21(16-14-20)30-19-24(23-10-4-6-12-26(23)32-2)29-18-8-7-17-28-27(29)30/h3-6,9-16,19H,7-8,17-18H2,1-2H3. The molecule has 5 heteroatoms. The van der Waals surface area contributed by atoms with Crippen LogP contribution in [-0.2, 0) is 0 Å². The molecule has 0 saturated carbocycles. The van der Waals surface area contributed by atoms with E-state index in [4.69, 9.17) is 14.5 Å². The Bertz CT molecular complexity index is 1170. The van der Waals surface area contributed by atoms with Crippen molar-refractivity contribution >= 4 is 17.3 Å². The van der Waals surface area contributed by atoms with Gasteiger partial charge in [0.15, 0.2) is 0 Å². The van der Waals surface area contributed by atoms with Crippen molar-refractivity contribution in [2.45, 2.75) is 12.8 Å². The van der Waals surface area contributed by atoms with E-state index in [1.54, 1.807) is 14.2 Å². The van der Waals surface area contributed by atoms with Crippen molar-refractivity contribution in [2.24, 2.45) is 4.99 Å². The lowest BCUT2D eigenvalue weighted by molar-refractivity contribution is 0.412. The Hall–Kier alpha value is -3.73. The first-order chi connectivity index (χ1) is 15.8. The van der Waals surface area contributed by atoms with Gasteiger partial charge < -0.3 is 14.4 Å². The number of anilines is 1. The summed E-state index contributed by atoms with van der Waals surface area (Å²) in [6, 6.07) is 24.9. The predicted molar refractivity (Wildman–Crippen MR) is 130 cm³/mol. The smallest absolute Gasteiger partial charge is 0.210 e. The van der Waals surface area contributed by atoms with Gasteiger partial charge in [-0.15, -0.1) is 0 Å². The number of benzene rings is 3. The number of methoxy groups -OCH3 is 2. The Kier molecular flexibility index (Phi) is 5.55. The summed E-state index contributed by atoms with van der Waals surface area (Å²) in [5, 5.41) is 0. The van der Waals surface area contributed by atoms with Gasteiger partial charge >= 0.3 is 0 Å². The highest BCUT2D eigenvalue weighted by Crippen LogP contribution is 2.37. The summed E-state index contributed by atoms with van der Waals surface area (Å²) in [5.74, 6) is 2.73. The molecule has 0 aliphatic carbocycles. The number of hydrogen-bond donors (Lipinski definition) is 0. The minimum Gasteiger partial charge on any atom is -0.496 e. The number of fused-ring (bicyclic) bond motifs is 1. The first-order valence-electron chi connectivity index (χ1n) is 11.0. The number of rotatable bonds is 5. The van der Waals surface area contributed by atoms with Crippen LogP contribution in [0, 0.1) is 0 Å². The van der Waals surface area contributed by atoms with Gasteiger partial charge in [-0.1, -0.05) is 42.5 Å². The van der Waals surface area contributed by atoms with Crippen LogP contribution in [0.2, 0.25) is 0 Å². The van der Waals surface area contributed by atoms with Crippen molar-refractivity contribution in [3.8, 4) is 22.6 Å². The molecule has 0 unspecified atom stereocenters. The van der Waals surface area contributed by atoms with Crippen LogP contribution in [0.5, 0.6) is 11.5 Å². The fourth-order valence-electron chi connectivity index (χ4n) is 4.38. The molecule has 2 heterocycles. The Morgan fingerprint density at radius 1 is 0.750 bits per heavy atom. The van der Waals surface area contributed by atoms with E-state index in [-0.39, 0.29) is 0 Å². The quantitative estimate of drug-likeness (QED) is 0.530. The minimum absolute atomic E-state index is 0.842. The third-order valence-electron chi connectivity index (χ3n) is 5.99. The molecule has 3 aromatic carbocycles. The lowest BCUT2D eigenvalue weighted by Gasteiger charge is -2.25. The highest BCUT2D eigenvalue weighted by molar-refractivity contribution is 6.08. The highest BCUT2D eigenvalue weighted by Gasteiger charge is 2.32. The average Bonchev–Trinajstić information content (AvgIpc) is 3.04. The third kappa shape index (κ3) is 3.60. The zero-order valence-corrected chi connectivity index (χ0v) is 18.5. The summed E-state index contributed by atoms with van der Waals surface area (Å²) in [4.78, 5) is 9.45. The Balaban J connectivity index is 1.54. The number of hydrogen-bond acceptors (Lipinski definition) is 5. The highest BCUT2D eigenvalue weighted by atomic mass is 16.5. The summed E-state index contributed by atoms with van der Waals surface area (Å²) in [7, 11) is 3.43. The molecule has 2 aliphatic rings. The van der Waals surface area contributed by atoms with Crippen LogP contribution in [0.1, 0.15) is 18.4 Å². The van der Waals surface area contributed by atoms with Gasteiger partial charge in [0.2, 0.25) is 5.96 Å². The van der Waals surface area contributed by atoms with Crippen LogP contribution < -0.4 is 14.4 Å². The van der Waals surface area contributed by atoms with Crippen LogP contribution in [0.3, 0.4) is 0 Å². The van der Waals surface area contributed by atoms with Crippen molar-refractivity contribution < 1.29 is 9.47 Å². The minimum atomic E-state index is 0.842. The van der Waals surface area contributed by atoms with E-state index in [1.807, 2.05) is 30.3 Å². The van der Waals surface area contributed by atoms with Gasteiger partial charge in [0.1, 0.15) is 11.5 Å². The topological polar surface area (TPSA) is 37.3 Å². The Morgan fingerprint density at radius 3 is 2.12 bits per heavy atom. The van der Waals surface area contributed by atoms with Gasteiger partial charge in [-0.25, -0.2) is 0 Å². The third-order valence-corrected chi connectivity index (χ3v) is 5.99. The van der Waals surface area contributed by atoms with Crippen LogP contribution in [0.25, 0.3) is 16.8 Å². The van der Waals surface area contributed by atoms with Gasteiger partial charge in [-0.3, -0.25) is 9.89 Å². The molecule has 0 saturated heterocycles. The maximum Gasteiger partial charge on any atom is 0.210 e. The molecule has 2 aliphatic heterocycles. The summed E-state index contributed by atoms with van der Waals surface area (Å²) < 4.78 is 11.2. The molecule has 5 rings (SSSR count). The maximum absolute atomic E-state index is 5.66. The number of para-hydroxylation sites is 2. The molecule has 162 valence electrons. The molecular formula is C27H27N3O2. The fraction of sp³-hybridized carbons (Fsp3) is 0.222. The van der Waals surface area contributed by atoms with Gasteiger partial charge in [0, 0.05) is 36.1 Å². The molecule has 0 fully saturated rings. The van der Waals surface area contributed by atoms with Gasteiger partial charge in [0.25, 0.3) is 0 Å². The number of nitrogens with zero attached hydrogens (tertiary/aromatic N) is 3. The zero-order valence-electron chi connectivity index (χ0n) is 18.5. The van der Waals surface area contributed by atoms with E-state index in [0.717, 1.165) is 71.5 Å². The zero-order chi connectivity index (χ0) is 21.9. The average molecular weight is 426 g/mol. The second-order valence-corrected chi connectivity index (χ2v) is 7.87. The maximum atomic E-state index is 5.66. The fourth-order valence-corrected chi connectivity index (χ4v) is 4.38. The number of guanidine groups is 1. The first kappa shape index (κ1) is 20.2. The number of ether oxygens (including phenoxy) is 2. The number of aliphatic imine (C=N–C) groups is 1. The molecule has 0 amide bonds. The van der Waals surface area contributed by atoms with Crippen LogP contribution in [0.15, 0.2) is 84.0 Å². The molecular weight excluding hydrogens is 398 g/mol. The normalized spacial score (nSPS) is 15.6. The molecule has 0 spiro atoms. The summed E-state index contributed by atoms with van der Waals surface area (Å²) >= 11 is 0. The van der Waals surface area contributed by atoms with Crippen molar-refractivity contribution in [3.63, 3.8) is 0 Å². The largest absolute Gasteiger partial charge is 0.496 e. The molecule has 3 aromatic rings. The first-order valence-corrected chi connectivity index (χ1v) is 11.0. The van der Waals surface area contributed by atoms with Gasteiger partial charge in [0.05, 0.1) is 19.9 Å². The molecule has 0 atom stereocenters. The second-order valence-electron chi connectivity index (χ2n) is 7.87. The van der Waals surface area contributed by atoms with E-state index in [1.165, 1.54) is 0 Å². The van der Waals surface area contributed by atoms with E-state index in [9.17, 15) is 0 Å². The van der Waals surface area contributed by atoms with Crippen LogP contribution >= 0.6 is 0 Å². The van der Waals surface area contributed by atoms with Crippen LogP contribution in [-0.4, -0.2) is 38.2 Å². The molecule has 5 nitrogen and oxygen atoms in total. The molecule has 0 radical (unpaired) electrons. The monoisotopic (exact) mass is 425 g/mol. The van der Waals surface area contributed by atoms with Crippen LogP contribution in [0.4, 0.5) is 5.69 Å². The molecule has 0 bridgehead atoms. The molecule has 0 N–H and O–H groups in total. The molecule has 32 heavy (non-hydrogen) atoms. The predicted octanol–water partition coefficient (Wildman–Crippen LogP) is 5.64.